The summed E-state index contributed by atoms with van der Waals surface area (Å²) in [5.41, 5.74) is 2.75. The Morgan fingerprint density at radius 1 is 1.40 bits per heavy atom. The number of rotatable bonds is 6. The molecule has 2 aromatic heterocycles. The van der Waals surface area contributed by atoms with Gasteiger partial charge in [0.15, 0.2) is 0 Å². The molecule has 1 atom stereocenters. The normalized spacial score (nSPS) is 15.5. The van der Waals surface area contributed by atoms with Crippen molar-refractivity contribution in [2.45, 2.75) is 52.1 Å². The monoisotopic (exact) mass is 290 g/mol. The minimum atomic E-state index is 0.233. The van der Waals surface area contributed by atoms with Crippen LogP contribution in [-0.2, 0) is 19.4 Å². The van der Waals surface area contributed by atoms with E-state index < -0.39 is 0 Å². The second-order valence-corrected chi connectivity index (χ2v) is 6.49. The van der Waals surface area contributed by atoms with Crippen molar-refractivity contribution in [1.82, 2.24) is 20.3 Å². The molecular formula is C15H22N4S. The molecule has 1 N–H and O–H groups in total. The number of nitrogens with one attached hydrogen (secondary N) is 1. The molecule has 20 heavy (non-hydrogen) atoms. The number of thiophene rings is 1. The quantitative estimate of drug-likeness (QED) is 0.889. The fourth-order valence-electron chi connectivity index (χ4n) is 2.92. The van der Waals surface area contributed by atoms with Gasteiger partial charge < -0.3 is 5.32 Å². The molecule has 2 heterocycles. The first kappa shape index (κ1) is 13.8. The van der Waals surface area contributed by atoms with Crippen LogP contribution in [0, 0.1) is 0 Å². The van der Waals surface area contributed by atoms with E-state index >= 15 is 0 Å². The molecule has 0 spiro atoms. The fourth-order valence-corrected chi connectivity index (χ4v) is 4.27. The van der Waals surface area contributed by atoms with Gasteiger partial charge in [-0.05, 0) is 43.9 Å². The number of nitrogens with zero attached hydrogens (tertiary/aromatic N) is 3. The van der Waals surface area contributed by atoms with Gasteiger partial charge in [0.05, 0.1) is 17.9 Å². The van der Waals surface area contributed by atoms with Crippen LogP contribution in [0.2, 0.25) is 0 Å². The lowest BCUT2D eigenvalue weighted by atomic mass is 10.1. The lowest BCUT2D eigenvalue weighted by Crippen LogP contribution is -2.24. The Labute approximate surface area is 124 Å². The third-order valence-electron chi connectivity index (χ3n) is 3.84. The number of aromatic nitrogens is 3. The lowest BCUT2D eigenvalue weighted by molar-refractivity contribution is 0.514. The highest BCUT2D eigenvalue weighted by Gasteiger charge is 2.23. The first-order valence-corrected chi connectivity index (χ1v) is 8.38. The molecule has 0 aromatic carbocycles. The van der Waals surface area contributed by atoms with E-state index in [4.69, 9.17) is 0 Å². The van der Waals surface area contributed by atoms with Gasteiger partial charge in [-0.2, -0.15) is 0 Å². The topological polar surface area (TPSA) is 42.7 Å². The minimum Gasteiger partial charge on any atom is -0.305 e. The Hall–Kier alpha value is -1.20. The molecule has 2 aromatic rings. The fraction of sp³-hybridized carbons (Fsp3) is 0.600. The van der Waals surface area contributed by atoms with E-state index in [1.807, 2.05) is 22.2 Å². The highest BCUT2D eigenvalue weighted by Crippen LogP contribution is 2.35. The average molecular weight is 290 g/mol. The Kier molecular flexibility index (Phi) is 4.17. The average Bonchev–Trinajstić information content (AvgIpc) is 3.11. The largest absolute Gasteiger partial charge is 0.305 e. The molecule has 4 nitrogen and oxygen atoms in total. The van der Waals surface area contributed by atoms with E-state index in [1.54, 1.807) is 10.4 Å². The number of aryl methyl sites for hydroxylation is 3. The summed E-state index contributed by atoms with van der Waals surface area (Å²) in [5.74, 6) is 0. The van der Waals surface area contributed by atoms with Crippen LogP contribution >= 0.6 is 11.3 Å². The zero-order valence-electron chi connectivity index (χ0n) is 12.2. The molecule has 0 amide bonds. The van der Waals surface area contributed by atoms with Crippen LogP contribution in [0.4, 0.5) is 0 Å². The third-order valence-corrected chi connectivity index (χ3v) is 5.14. The second kappa shape index (κ2) is 6.06. The van der Waals surface area contributed by atoms with Crippen molar-refractivity contribution in [3.63, 3.8) is 0 Å². The zero-order valence-corrected chi connectivity index (χ0v) is 13.0. The summed E-state index contributed by atoms with van der Waals surface area (Å²) < 4.78 is 2.04. The molecule has 1 aliphatic rings. The van der Waals surface area contributed by atoms with Crippen molar-refractivity contribution in [1.29, 1.82) is 0 Å². The van der Waals surface area contributed by atoms with Gasteiger partial charge in [0.2, 0.25) is 0 Å². The highest BCUT2D eigenvalue weighted by atomic mass is 32.1. The van der Waals surface area contributed by atoms with Crippen LogP contribution in [0.3, 0.4) is 0 Å². The summed E-state index contributed by atoms with van der Waals surface area (Å²) in [6.45, 7) is 6.21. The van der Waals surface area contributed by atoms with Gasteiger partial charge >= 0.3 is 0 Å². The molecular weight excluding hydrogens is 268 g/mol. The summed E-state index contributed by atoms with van der Waals surface area (Å²) in [5, 5.41) is 11.9. The van der Waals surface area contributed by atoms with Crippen LogP contribution in [0.1, 0.15) is 53.7 Å². The van der Waals surface area contributed by atoms with E-state index in [-0.39, 0.29) is 6.04 Å². The highest BCUT2D eigenvalue weighted by molar-refractivity contribution is 7.12. The smallest absolute Gasteiger partial charge is 0.0858 e. The standard InChI is InChI=1S/C15H22N4S/c1-3-8-19-12(10-17-18-19)15(16-4-2)14-9-11-6-5-7-13(11)20-14/h9-10,15-16H,3-8H2,1-2H3. The van der Waals surface area contributed by atoms with Crippen molar-refractivity contribution in [3.05, 3.63) is 33.3 Å². The molecule has 0 radical (unpaired) electrons. The molecule has 1 aliphatic carbocycles. The first-order valence-electron chi connectivity index (χ1n) is 7.56. The Bertz CT molecular complexity index is 551. The van der Waals surface area contributed by atoms with Crippen LogP contribution in [-0.4, -0.2) is 21.5 Å². The van der Waals surface area contributed by atoms with Crippen molar-refractivity contribution < 1.29 is 0 Å². The van der Waals surface area contributed by atoms with E-state index in [0.29, 0.717) is 0 Å². The molecule has 0 bridgehead atoms. The summed E-state index contributed by atoms with van der Waals surface area (Å²) in [6, 6.07) is 2.63. The Morgan fingerprint density at radius 2 is 2.30 bits per heavy atom. The molecule has 0 saturated carbocycles. The van der Waals surface area contributed by atoms with Crippen molar-refractivity contribution in [3.8, 4) is 0 Å². The van der Waals surface area contributed by atoms with Crippen LogP contribution in [0.5, 0.6) is 0 Å². The maximum Gasteiger partial charge on any atom is 0.0858 e. The molecule has 5 heteroatoms. The number of hydrogen-bond donors (Lipinski definition) is 1. The van der Waals surface area contributed by atoms with E-state index in [0.717, 1.165) is 19.5 Å². The van der Waals surface area contributed by atoms with E-state index in [1.165, 1.54) is 29.8 Å². The number of hydrogen-bond acceptors (Lipinski definition) is 4. The van der Waals surface area contributed by atoms with Crippen LogP contribution < -0.4 is 5.32 Å². The Balaban J connectivity index is 1.93. The number of fused-ring (bicyclic) bond motifs is 1. The van der Waals surface area contributed by atoms with Gasteiger partial charge in [-0.1, -0.05) is 19.1 Å². The first-order chi connectivity index (χ1) is 9.83. The van der Waals surface area contributed by atoms with E-state index in [9.17, 15) is 0 Å². The van der Waals surface area contributed by atoms with Crippen molar-refractivity contribution >= 4 is 11.3 Å². The molecule has 0 aliphatic heterocycles. The van der Waals surface area contributed by atoms with Gasteiger partial charge in [0.1, 0.15) is 0 Å². The second-order valence-electron chi connectivity index (χ2n) is 5.32. The molecule has 108 valence electrons. The summed E-state index contributed by atoms with van der Waals surface area (Å²) in [7, 11) is 0. The van der Waals surface area contributed by atoms with Gasteiger partial charge in [0.25, 0.3) is 0 Å². The summed E-state index contributed by atoms with van der Waals surface area (Å²) in [6.07, 6.45) is 6.81. The molecule has 0 fully saturated rings. The predicted octanol–water partition coefficient (Wildman–Crippen LogP) is 2.94. The van der Waals surface area contributed by atoms with Gasteiger partial charge in [-0.15, -0.1) is 16.4 Å². The van der Waals surface area contributed by atoms with Gasteiger partial charge in [0, 0.05) is 16.3 Å². The molecule has 3 rings (SSSR count). The van der Waals surface area contributed by atoms with Gasteiger partial charge in [-0.25, -0.2) is 4.68 Å². The zero-order chi connectivity index (χ0) is 13.9. The predicted molar refractivity (Wildman–Crippen MR) is 82.2 cm³/mol. The van der Waals surface area contributed by atoms with Gasteiger partial charge in [-0.3, -0.25) is 0 Å². The lowest BCUT2D eigenvalue weighted by Gasteiger charge is -2.17. The molecule has 0 saturated heterocycles. The summed E-state index contributed by atoms with van der Waals surface area (Å²) >= 11 is 1.96. The van der Waals surface area contributed by atoms with Crippen molar-refractivity contribution in [2.75, 3.05) is 6.54 Å². The third kappa shape index (κ3) is 2.52. The SMILES string of the molecule is CCCn1nncc1C(NCC)c1cc2c(s1)CCC2. The molecule has 1 unspecified atom stereocenters. The maximum absolute atomic E-state index is 4.23. The summed E-state index contributed by atoms with van der Waals surface area (Å²) in [4.78, 5) is 2.99. The van der Waals surface area contributed by atoms with Crippen LogP contribution in [0.25, 0.3) is 0 Å². The van der Waals surface area contributed by atoms with Crippen LogP contribution in [0.15, 0.2) is 12.3 Å². The minimum absolute atomic E-state index is 0.233. The van der Waals surface area contributed by atoms with Crippen molar-refractivity contribution in [2.24, 2.45) is 0 Å². The Morgan fingerprint density at radius 3 is 3.05 bits per heavy atom. The maximum atomic E-state index is 4.23. The van der Waals surface area contributed by atoms with E-state index in [2.05, 4.69) is 35.5 Å².